The molecule has 2 rings (SSSR count). The second-order valence-corrected chi connectivity index (χ2v) is 5.04. The Labute approximate surface area is 128 Å². The predicted octanol–water partition coefficient (Wildman–Crippen LogP) is 4.15. The number of halogens is 1. The summed E-state index contributed by atoms with van der Waals surface area (Å²) in [4.78, 5) is 12.5. The Morgan fingerprint density at radius 3 is 2.62 bits per heavy atom. The molecule has 2 aromatic carbocycles. The van der Waals surface area contributed by atoms with Gasteiger partial charge in [-0.25, -0.2) is 0 Å². The molecule has 0 aliphatic heterocycles. The zero-order valence-corrected chi connectivity index (χ0v) is 12.5. The van der Waals surface area contributed by atoms with Crippen LogP contribution in [-0.2, 0) is 0 Å². The van der Waals surface area contributed by atoms with Crippen LogP contribution in [0.25, 0.3) is 0 Å². The number of carbonyl (C=O) groups is 1. The van der Waals surface area contributed by atoms with E-state index in [0.29, 0.717) is 21.9 Å². The Kier molecular flexibility index (Phi) is 4.62. The first-order valence-corrected chi connectivity index (χ1v) is 6.79. The largest absolute Gasteiger partial charge is 0.496 e. The zero-order valence-electron chi connectivity index (χ0n) is 11.8. The summed E-state index contributed by atoms with van der Waals surface area (Å²) in [5.41, 5.74) is 1.90. The average molecular weight is 300 g/mol. The SMILES string of the molecule is COc1cc(C(C#N)C(=O)c2ccccc2Cl)ccc1C. The minimum atomic E-state index is -0.903. The van der Waals surface area contributed by atoms with Crippen LogP contribution in [0, 0.1) is 18.3 Å². The van der Waals surface area contributed by atoms with E-state index >= 15 is 0 Å². The molecule has 1 unspecified atom stereocenters. The zero-order chi connectivity index (χ0) is 15.4. The van der Waals surface area contributed by atoms with Crippen LogP contribution in [0.4, 0.5) is 0 Å². The molecule has 0 heterocycles. The fourth-order valence-corrected chi connectivity index (χ4v) is 2.35. The molecule has 4 heteroatoms. The van der Waals surface area contributed by atoms with E-state index in [2.05, 4.69) is 6.07 Å². The van der Waals surface area contributed by atoms with Gasteiger partial charge in [0.2, 0.25) is 0 Å². The van der Waals surface area contributed by atoms with E-state index in [0.717, 1.165) is 5.56 Å². The fourth-order valence-electron chi connectivity index (χ4n) is 2.12. The molecule has 0 fully saturated rings. The summed E-state index contributed by atoms with van der Waals surface area (Å²) in [7, 11) is 1.56. The third-order valence-electron chi connectivity index (χ3n) is 3.30. The van der Waals surface area contributed by atoms with Gasteiger partial charge in [0.05, 0.1) is 18.2 Å². The number of ketones is 1. The normalized spacial score (nSPS) is 11.5. The van der Waals surface area contributed by atoms with E-state index < -0.39 is 5.92 Å². The molecule has 2 aromatic rings. The van der Waals surface area contributed by atoms with Crippen molar-refractivity contribution in [1.82, 2.24) is 0 Å². The maximum atomic E-state index is 12.5. The van der Waals surface area contributed by atoms with Gasteiger partial charge in [0.15, 0.2) is 5.78 Å². The summed E-state index contributed by atoms with van der Waals surface area (Å²) in [5.74, 6) is -0.562. The Balaban J connectivity index is 2.43. The van der Waals surface area contributed by atoms with Crippen LogP contribution in [-0.4, -0.2) is 12.9 Å². The number of benzene rings is 2. The molecule has 0 spiro atoms. The summed E-state index contributed by atoms with van der Waals surface area (Å²) in [6.07, 6.45) is 0. The van der Waals surface area contributed by atoms with Gasteiger partial charge in [0.1, 0.15) is 11.7 Å². The summed E-state index contributed by atoms with van der Waals surface area (Å²) in [5, 5.41) is 9.73. The van der Waals surface area contributed by atoms with Crippen molar-refractivity contribution in [1.29, 1.82) is 5.26 Å². The van der Waals surface area contributed by atoms with E-state index in [9.17, 15) is 10.1 Å². The molecule has 0 amide bonds. The van der Waals surface area contributed by atoms with Crippen molar-refractivity contribution in [3.05, 3.63) is 64.2 Å². The Morgan fingerprint density at radius 1 is 1.29 bits per heavy atom. The summed E-state index contributed by atoms with van der Waals surface area (Å²) in [6, 6.07) is 14.1. The minimum Gasteiger partial charge on any atom is -0.496 e. The van der Waals surface area contributed by atoms with Crippen LogP contribution in [0.1, 0.15) is 27.4 Å². The smallest absolute Gasteiger partial charge is 0.185 e. The first-order valence-electron chi connectivity index (χ1n) is 6.41. The van der Waals surface area contributed by atoms with Crippen LogP contribution < -0.4 is 4.74 Å². The Morgan fingerprint density at radius 2 is 2.00 bits per heavy atom. The molecule has 0 N–H and O–H groups in total. The lowest BCUT2D eigenvalue weighted by Gasteiger charge is -2.12. The standard InChI is InChI=1S/C17H14ClNO2/c1-11-7-8-12(9-16(11)21-2)14(10-19)17(20)13-5-3-4-6-15(13)18/h3-9,14H,1-2H3. The van der Waals surface area contributed by atoms with Crippen molar-refractivity contribution in [2.24, 2.45) is 0 Å². The Hall–Kier alpha value is -2.31. The third kappa shape index (κ3) is 3.07. The van der Waals surface area contributed by atoms with Crippen LogP contribution >= 0.6 is 11.6 Å². The highest BCUT2D eigenvalue weighted by atomic mass is 35.5. The van der Waals surface area contributed by atoms with E-state index in [4.69, 9.17) is 16.3 Å². The van der Waals surface area contributed by atoms with Gasteiger partial charge in [-0.1, -0.05) is 35.9 Å². The second kappa shape index (κ2) is 6.43. The molecular formula is C17H14ClNO2. The Bertz CT molecular complexity index is 719. The number of rotatable bonds is 4. The van der Waals surface area contributed by atoms with Gasteiger partial charge in [-0.15, -0.1) is 0 Å². The van der Waals surface area contributed by atoms with Crippen molar-refractivity contribution in [3.63, 3.8) is 0 Å². The predicted molar refractivity (Wildman–Crippen MR) is 81.9 cm³/mol. The highest BCUT2D eigenvalue weighted by Gasteiger charge is 2.24. The van der Waals surface area contributed by atoms with Gasteiger partial charge in [-0.05, 0) is 36.2 Å². The third-order valence-corrected chi connectivity index (χ3v) is 3.63. The molecule has 1 atom stereocenters. The molecule has 3 nitrogen and oxygen atoms in total. The minimum absolute atomic E-state index is 0.311. The lowest BCUT2D eigenvalue weighted by molar-refractivity contribution is 0.0979. The number of hydrogen-bond acceptors (Lipinski definition) is 3. The van der Waals surface area contributed by atoms with Gasteiger partial charge in [-0.3, -0.25) is 4.79 Å². The number of nitriles is 1. The van der Waals surface area contributed by atoms with Crippen LogP contribution in [0.5, 0.6) is 5.75 Å². The molecule has 0 aliphatic carbocycles. The molecule has 0 saturated carbocycles. The number of hydrogen-bond donors (Lipinski definition) is 0. The molecule has 0 radical (unpaired) electrons. The summed E-state index contributed by atoms with van der Waals surface area (Å²) >= 11 is 6.04. The van der Waals surface area contributed by atoms with E-state index in [1.54, 1.807) is 43.5 Å². The number of aryl methyl sites for hydroxylation is 1. The number of carbonyl (C=O) groups excluding carboxylic acids is 1. The average Bonchev–Trinajstić information content (AvgIpc) is 2.49. The number of Topliss-reactive ketones (excluding diaryl/α,β-unsaturated/α-hetero) is 1. The topological polar surface area (TPSA) is 50.1 Å². The van der Waals surface area contributed by atoms with Crippen molar-refractivity contribution in [3.8, 4) is 11.8 Å². The van der Waals surface area contributed by atoms with Crippen LogP contribution in [0.3, 0.4) is 0 Å². The van der Waals surface area contributed by atoms with Gasteiger partial charge in [-0.2, -0.15) is 5.26 Å². The van der Waals surface area contributed by atoms with Gasteiger partial charge < -0.3 is 4.74 Å². The van der Waals surface area contributed by atoms with Crippen molar-refractivity contribution in [2.45, 2.75) is 12.8 Å². The summed E-state index contributed by atoms with van der Waals surface area (Å²) < 4.78 is 5.24. The number of ether oxygens (including phenoxy) is 1. The van der Waals surface area contributed by atoms with E-state index in [-0.39, 0.29) is 5.78 Å². The van der Waals surface area contributed by atoms with Crippen molar-refractivity contribution < 1.29 is 9.53 Å². The highest BCUT2D eigenvalue weighted by molar-refractivity contribution is 6.34. The maximum absolute atomic E-state index is 12.5. The molecule has 0 aromatic heterocycles. The quantitative estimate of drug-likeness (QED) is 0.797. The summed E-state index contributed by atoms with van der Waals surface area (Å²) in [6.45, 7) is 1.90. The van der Waals surface area contributed by atoms with Gasteiger partial charge in [0.25, 0.3) is 0 Å². The number of nitrogens with zero attached hydrogens (tertiary/aromatic N) is 1. The van der Waals surface area contributed by atoms with Gasteiger partial charge >= 0.3 is 0 Å². The second-order valence-electron chi connectivity index (χ2n) is 4.64. The highest BCUT2D eigenvalue weighted by Crippen LogP contribution is 2.28. The fraction of sp³-hybridized carbons (Fsp3) is 0.176. The van der Waals surface area contributed by atoms with Crippen LogP contribution in [0.2, 0.25) is 5.02 Å². The first-order chi connectivity index (χ1) is 10.1. The number of methoxy groups -OCH3 is 1. The molecular weight excluding hydrogens is 286 g/mol. The van der Waals surface area contributed by atoms with Crippen LogP contribution in [0.15, 0.2) is 42.5 Å². The van der Waals surface area contributed by atoms with E-state index in [1.165, 1.54) is 0 Å². The molecule has 106 valence electrons. The first kappa shape index (κ1) is 15.1. The van der Waals surface area contributed by atoms with Crippen molar-refractivity contribution >= 4 is 17.4 Å². The molecule has 0 saturated heterocycles. The van der Waals surface area contributed by atoms with Gasteiger partial charge in [0, 0.05) is 5.56 Å². The monoisotopic (exact) mass is 299 g/mol. The molecule has 0 bridgehead atoms. The lowest BCUT2D eigenvalue weighted by atomic mass is 9.91. The lowest BCUT2D eigenvalue weighted by Crippen LogP contribution is -2.12. The van der Waals surface area contributed by atoms with Crippen molar-refractivity contribution in [2.75, 3.05) is 7.11 Å². The molecule has 0 aliphatic rings. The molecule has 21 heavy (non-hydrogen) atoms. The maximum Gasteiger partial charge on any atom is 0.185 e. The van der Waals surface area contributed by atoms with E-state index in [1.807, 2.05) is 13.0 Å².